The molecule has 0 bridgehead atoms. The highest BCUT2D eigenvalue weighted by Crippen LogP contribution is 2.19. The lowest BCUT2D eigenvalue weighted by Crippen LogP contribution is -2.39. The van der Waals surface area contributed by atoms with Crippen LogP contribution in [0, 0.1) is 11.8 Å². The summed E-state index contributed by atoms with van der Waals surface area (Å²) in [5, 5.41) is 6.79. The van der Waals surface area contributed by atoms with E-state index in [9.17, 15) is 9.59 Å². The smallest absolute Gasteiger partial charge is 0.252 e. The third-order valence-electron chi connectivity index (χ3n) is 5.42. The van der Waals surface area contributed by atoms with Crippen molar-refractivity contribution in [2.45, 2.75) is 20.5 Å². The number of hydrogen-bond donors (Lipinski definition) is 2. The summed E-state index contributed by atoms with van der Waals surface area (Å²) in [6.07, 6.45) is 1.52. The molecular weight excluding hydrogens is 458 g/mol. The van der Waals surface area contributed by atoms with Gasteiger partial charge in [-0.3, -0.25) is 9.59 Å². The molecule has 8 nitrogen and oxygen atoms in total. The van der Waals surface area contributed by atoms with Crippen LogP contribution in [0.2, 0.25) is 0 Å². The van der Waals surface area contributed by atoms with Gasteiger partial charge >= 0.3 is 0 Å². The second kappa shape index (κ2) is 12.9. The van der Waals surface area contributed by atoms with Gasteiger partial charge in [-0.15, -0.1) is 0 Å². The Bertz CT molecular complexity index is 1160. The van der Waals surface area contributed by atoms with E-state index < -0.39 is 17.7 Å². The highest BCUT2D eigenvalue weighted by molar-refractivity contribution is 6.06. The van der Waals surface area contributed by atoms with Gasteiger partial charge in [-0.2, -0.15) is 5.10 Å². The fourth-order valence-electron chi connectivity index (χ4n) is 3.40. The average Bonchev–Trinajstić information content (AvgIpc) is 2.89. The number of anilines is 1. The van der Waals surface area contributed by atoms with E-state index in [0.717, 1.165) is 16.9 Å². The van der Waals surface area contributed by atoms with Crippen molar-refractivity contribution < 1.29 is 23.8 Å². The van der Waals surface area contributed by atoms with E-state index in [1.54, 1.807) is 38.5 Å². The zero-order valence-corrected chi connectivity index (χ0v) is 20.9. The second-order valence-corrected chi connectivity index (χ2v) is 8.38. The molecular formula is C28H31N3O5. The van der Waals surface area contributed by atoms with Crippen LogP contribution in [-0.4, -0.2) is 32.2 Å². The van der Waals surface area contributed by atoms with Gasteiger partial charge in [-0.25, -0.2) is 5.43 Å². The van der Waals surface area contributed by atoms with Crippen LogP contribution in [0.5, 0.6) is 17.2 Å². The first-order valence-electron chi connectivity index (χ1n) is 11.5. The molecule has 1 unspecified atom stereocenters. The maximum Gasteiger partial charge on any atom is 0.252 e. The molecule has 0 fully saturated rings. The molecule has 1 atom stereocenters. The van der Waals surface area contributed by atoms with Crippen molar-refractivity contribution in [1.82, 2.24) is 5.43 Å². The van der Waals surface area contributed by atoms with Gasteiger partial charge in [-0.05, 0) is 77.7 Å². The number of hydrazone groups is 1. The molecule has 2 N–H and O–H groups in total. The first-order valence-corrected chi connectivity index (χ1v) is 11.5. The molecule has 0 heterocycles. The number of methoxy groups -OCH3 is 2. The fraction of sp³-hybridized carbons (Fsp3) is 0.250. The van der Waals surface area contributed by atoms with E-state index in [-0.39, 0.29) is 5.92 Å². The molecule has 8 heteroatoms. The summed E-state index contributed by atoms with van der Waals surface area (Å²) in [5.41, 5.74) is 4.86. The third kappa shape index (κ3) is 7.59. The molecule has 0 aliphatic heterocycles. The molecule has 0 aliphatic carbocycles. The Morgan fingerprint density at radius 2 is 1.36 bits per heavy atom. The summed E-state index contributed by atoms with van der Waals surface area (Å²) in [6.45, 7) is 4.06. The van der Waals surface area contributed by atoms with Crippen molar-refractivity contribution in [3.05, 3.63) is 83.9 Å². The fourth-order valence-corrected chi connectivity index (χ4v) is 3.40. The molecule has 0 spiro atoms. The third-order valence-corrected chi connectivity index (χ3v) is 5.42. The molecule has 3 aromatic rings. The number of ether oxygens (including phenoxy) is 3. The van der Waals surface area contributed by atoms with Crippen LogP contribution in [0.15, 0.2) is 77.9 Å². The van der Waals surface area contributed by atoms with E-state index >= 15 is 0 Å². The van der Waals surface area contributed by atoms with Crippen molar-refractivity contribution in [3.8, 4) is 17.2 Å². The lowest BCUT2D eigenvalue weighted by molar-refractivity contribution is -0.134. The Balaban J connectivity index is 1.51. The number of nitrogens with zero attached hydrogens (tertiary/aromatic N) is 1. The summed E-state index contributed by atoms with van der Waals surface area (Å²) in [5.74, 6) is 0.179. The Labute approximate surface area is 211 Å². The highest BCUT2D eigenvalue weighted by Gasteiger charge is 2.29. The lowest BCUT2D eigenvalue weighted by atomic mass is 9.94. The van der Waals surface area contributed by atoms with Crippen LogP contribution in [0.3, 0.4) is 0 Å². The van der Waals surface area contributed by atoms with Gasteiger partial charge in [0.15, 0.2) is 0 Å². The predicted octanol–water partition coefficient (Wildman–Crippen LogP) is 4.64. The van der Waals surface area contributed by atoms with Gasteiger partial charge in [0.2, 0.25) is 5.91 Å². The number of nitrogens with one attached hydrogen (secondary N) is 2. The van der Waals surface area contributed by atoms with Gasteiger partial charge in [0.1, 0.15) is 29.8 Å². The second-order valence-electron chi connectivity index (χ2n) is 8.38. The number of carbonyl (C=O) groups excluding carboxylic acids is 2. The number of benzene rings is 3. The molecule has 188 valence electrons. The number of hydrogen-bond acceptors (Lipinski definition) is 6. The Kier molecular flexibility index (Phi) is 9.45. The summed E-state index contributed by atoms with van der Waals surface area (Å²) in [7, 11) is 3.20. The normalized spacial score (nSPS) is 11.7. The Morgan fingerprint density at radius 1 is 0.806 bits per heavy atom. The van der Waals surface area contributed by atoms with Crippen LogP contribution >= 0.6 is 0 Å². The molecule has 36 heavy (non-hydrogen) atoms. The average molecular weight is 490 g/mol. The van der Waals surface area contributed by atoms with Crippen molar-refractivity contribution in [2.24, 2.45) is 16.9 Å². The zero-order chi connectivity index (χ0) is 25.9. The van der Waals surface area contributed by atoms with Crippen LogP contribution in [0.1, 0.15) is 25.0 Å². The summed E-state index contributed by atoms with van der Waals surface area (Å²) >= 11 is 0. The summed E-state index contributed by atoms with van der Waals surface area (Å²) in [6, 6.07) is 21.9. The van der Waals surface area contributed by atoms with Crippen molar-refractivity contribution in [3.63, 3.8) is 0 Å². The SMILES string of the molecule is COc1ccc(COc2ccc(C=NNC(=O)C(C(=O)Nc3ccc(OC)cc3)C(C)C)cc2)cc1. The molecule has 0 saturated heterocycles. The van der Waals surface area contributed by atoms with Crippen LogP contribution in [0.25, 0.3) is 0 Å². The summed E-state index contributed by atoms with van der Waals surface area (Å²) < 4.78 is 16.1. The summed E-state index contributed by atoms with van der Waals surface area (Å²) in [4.78, 5) is 25.4. The minimum Gasteiger partial charge on any atom is -0.497 e. The van der Waals surface area contributed by atoms with E-state index in [1.165, 1.54) is 6.21 Å². The van der Waals surface area contributed by atoms with Crippen LogP contribution < -0.4 is 25.0 Å². The highest BCUT2D eigenvalue weighted by atomic mass is 16.5. The molecule has 0 aliphatic rings. The predicted molar refractivity (Wildman–Crippen MR) is 139 cm³/mol. The van der Waals surface area contributed by atoms with E-state index in [1.807, 2.05) is 62.4 Å². The topological polar surface area (TPSA) is 98.3 Å². The maximum absolute atomic E-state index is 12.7. The van der Waals surface area contributed by atoms with E-state index in [4.69, 9.17) is 14.2 Å². The van der Waals surface area contributed by atoms with Crippen LogP contribution in [0.4, 0.5) is 5.69 Å². The minimum absolute atomic E-state index is 0.222. The zero-order valence-electron chi connectivity index (χ0n) is 20.9. The molecule has 3 aromatic carbocycles. The molecule has 0 aromatic heterocycles. The van der Waals surface area contributed by atoms with Gasteiger partial charge < -0.3 is 19.5 Å². The number of carbonyl (C=O) groups is 2. The van der Waals surface area contributed by atoms with Gasteiger partial charge in [0.25, 0.3) is 5.91 Å². The Hall–Kier alpha value is -4.33. The van der Waals surface area contributed by atoms with Crippen molar-refractivity contribution >= 4 is 23.7 Å². The van der Waals surface area contributed by atoms with Crippen molar-refractivity contribution in [2.75, 3.05) is 19.5 Å². The molecule has 0 radical (unpaired) electrons. The minimum atomic E-state index is -0.905. The molecule has 2 amide bonds. The number of rotatable bonds is 11. The number of amides is 2. The first kappa shape index (κ1) is 26.3. The first-order chi connectivity index (χ1) is 17.4. The van der Waals surface area contributed by atoms with Gasteiger partial charge in [0, 0.05) is 5.69 Å². The Morgan fingerprint density at radius 3 is 1.92 bits per heavy atom. The van der Waals surface area contributed by atoms with Crippen molar-refractivity contribution in [1.29, 1.82) is 0 Å². The monoisotopic (exact) mass is 489 g/mol. The molecule has 3 rings (SSSR count). The molecule has 0 saturated carbocycles. The lowest BCUT2D eigenvalue weighted by Gasteiger charge is -2.18. The van der Waals surface area contributed by atoms with Crippen LogP contribution in [-0.2, 0) is 16.2 Å². The largest absolute Gasteiger partial charge is 0.497 e. The van der Waals surface area contributed by atoms with E-state index in [2.05, 4.69) is 15.8 Å². The quantitative estimate of drug-likeness (QED) is 0.232. The van der Waals surface area contributed by atoms with Gasteiger partial charge in [0.05, 0.1) is 20.4 Å². The van der Waals surface area contributed by atoms with E-state index in [0.29, 0.717) is 23.8 Å². The standard InChI is InChI=1S/C28H31N3O5/c1-19(2)26(27(32)30-22-9-15-24(35-4)16-10-22)28(33)31-29-17-20-5-13-25(14-6-20)36-18-21-7-11-23(34-3)12-8-21/h5-17,19,26H,18H2,1-4H3,(H,30,32)(H,31,33). The maximum atomic E-state index is 12.7. The van der Waals surface area contributed by atoms with Gasteiger partial charge in [-0.1, -0.05) is 26.0 Å².